The van der Waals surface area contributed by atoms with Gasteiger partial charge in [0, 0.05) is 10.6 Å². The van der Waals surface area contributed by atoms with Crippen molar-refractivity contribution in [1.29, 1.82) is 0 Å². The van der Waals surface area contributed by atoms with Gasteiger partial charge in [-0.05, 0) is 36.8 Å². The van der Waals surface area contributed by atoms with Crippen LogP contribution in [-0.2, 0) is 5.75 Å². The molecule has 0 radical (unpaired) electrons. The fourth-order valence-electron chi connectivity index (χ4n) is 1.74. The van der Waals surface area contributed by atoms with Crippen molar-refractivity contribution in [3.05, 3.63) is 48.0 Å². The van der Waals surface area contributed by atoms with Crippen molar-refractivity contribution in [2.75, 3.05) is 5.73 Å². The molecule has 5 nitrogen and oxygen atoms in total. The molecule has 102 valence electrons. The van der Waals surface area contributed by atoms with Crippen LogP contribution in [0.15, 0.2) is 50.3 Å². The Kier molecular flexibility index (Phi) is 3.47. The predicted molar refractivity (Wildman–Crippen MR) is 77.2 cm³/mol. The van der Waals surface area contributed by atoms with Gasteiger partial charge in [0.1, 0.15) is 0 Å². The van der Waals surface area contributed by atoms with Crippen LogP contribution in [0.4, 0.5) is 5.69 Å². The Balaban J connectivity index is 1.71. The summed E-state index contributed by atoms with van der Waals surface area (Å²) in [5, 5.41) is 7.97. The standard InChI is InChI=1S/C14H13N3O2S/c1-9-10(15)4-2-6-12(9)20-8-13-16-17-14(19-13)11-5-3-7-18-11/h2-7H,8,15H2,1H3. The lowest BCUT2D eigenvalue weighted by atomic mass is 10.2. The maximum absolute atomic E-state index is 5.88. The van der Waals surface area contributed by atoms with Crippen molar-refractivity contribution < 1.29 is 8.83 Å². The third kappa shape index (κ3) is 2.55. The molecule has 0 bridgehead atoms. The van der Waals surface area contributed by atoms with E-state index in [2.05, 4.69) is 10.2 Å². The van der Waals surface area contributed by atoms with E-state index < -0.39 is 0 Å². The van der Waals surface area contributed by atoms with E-state index in [4.69, 9.17) is 14.6 Å². The first kappa shape index (κ1) is 12.8. The Morgan fingerprint density at radius 2 is 2.10 bits per heavy atom. The molecule has 0 aliphatic rings. The van der Waals surface area contributed by atoms with Gasteiger partial charge >= 0.3 is 0 Å². The Hall–Kier alpha value is -2.21. The smallest absolute Gasteiger partial charge is 0.283 e. The summed E-state index contributed by atoms with van der Waals surface area (Å²) in [5.74, 6) is 2.13. The molecule has 0 aliphatic heterocycles. The summed E-state index contributed by atoms with van der Waals surface area (Å²) in [7, 11) is 0. The van der Waals surface area contributed by atoms with E-state index in [-0.39, 0.29) is 0 Å². The van der Waals surface area contributed by atoms with Gasteiger partial charge in [0.15, 0.2) is 5.76 Å². The summed E-state index contributed by atoms with van der Waals surface area (Å²) in [6, 6.07) is 9.42. The zero-order valence-electron chi connectivity index (χ0n) is 10.9. The summed E-state index contributed by atoms with van der Waals surface area (Å²) in [5.41, 5.74) is 7.74. The number of nitrogen functional groups attached to an aromatic ring is 1. The van der Waals surface area contributed by atoms with Gasteiger partial charge in [-0.3, -0.25) is 0 Å². The van der Waals surface area contributed by atoms with Crippen LogP contribution in [0.1, 0.15) is 11.5 Å². The van der Waals surface area contributed by atoms with Gasteiger partial charge in [-0.1, -0.05) is 6.07 Å². The van der Waals surface area contributed by atoms with Gasteiger partial charge in [0.2, 0.25) is 5.89 Å². The van der Waals surface area contributed by atoms with Gasteiger partial charge in [-0.25, -0.2) is 0 Å². The third-order valence-corrected chi connectivity index (χ3v) is 4.02. The van der Waals surface area contributed by atoms with Crippen molar-refractivity contribution in [1.82, 2.24) is 10.2 Å². The number of benzene rings is 1. The highest BCUT2D eigenvalue weighted by Crippen LogP contribution is 2.29. The number of aromatic nitrogens is 2. The lowest BCUT2D eigenvalue weighted by Gasteiger charge is -2.05. The number of anilines is 1. The molecular weight excluding hydrogens is 274 g/mol. The number of nitrogens with zero attached hydrogens (tertiary/aromatic N) is 2. The number of hydrogen-bond acceptors (Lipinski definition) is 6. The molecule has 2 heterocycles. The van der Waals surface area contributed by atoms with Crippen LogP contribution in [-0.4, -0.2) is 10.2 Å². The molecule has 1 aromatic carbocycles. The van der Waals surface area contributed by atoms with Crippen LogP contribution >= 0.6 is 11.8 Å². The molecule has 0 unspecified atom stereocenters. The van der Waals surface area contributed by atoms with E-state index in [1.807, 2.05) is 25.1 Å². The van der Waals surface area contributed by atoms with Gasteiger partial charge in [0.05, 0.1) is 12.0 Å². The zero-order valence-corrected chi connectivity index (χ0v) is 11.7. The van der Waals surface area contributed by atoms with E-state index in [0.717, 1.165) is 16.1 Å². The monoisotopic (exact) mass is 287 g/mol. The first-order chi connectivity index (χ1) is 9.74. The molecule has 0 fully saturated rings. The molecule has 3 aromatic rings. The Morgan fingerprint density at radius 1 is 1.20 bits per heavy atom. The van der Waals surface area contributed by atoms with Gasteiger partial charge in [-0.2, -0.15) is 0 Å². The second kappa shape index (κ2) is 5.42. The number of hydrogen-bond donors (Lipinski definition) is 1. The number of nitrogens with two attached hydrogens (primary N) is 1. The zero-order chi connectivity index (χ0) is 13.9. The van der Waals surface area contributed by atoms with Crippen LogP contribution in [0.3, 0.4) is 0 Å². The molecule has 0 amide bonds. The second-order valence-corrected chi connectivity index (χ2v) is 5.25. The number of thioether (sulfide) groups is 1. The van der Waals surface area contributed by atoms with E-state index in [9.17, 15) is 0 Å². The molecule has 2 aromatic heterocycles. The van der Waals surface area contributed by atoms with Crippen molar-refractivity contribution >= 4 is 17.4 Å². The van der Waals surface area contributed by atoms with Crippen molar-refractivity contribution in [2.45, 2.75) is 17.6 Å². The lowest BCUT2D eigenvalue weighted by Crippen LogP contribution is -1.91. The van der Waals surface area contributed by atoms with Crippen LogP contribution in [0.5, 0.6) is 0 Å². The highest BCUT2D eigenvalue weighted by atomic mass is 32.2. The minimum Gasteiger partial charge on any atom is -0.459 e. The fraction of sp³-hybridized carbons (Fsp3) is 0.143. The minimum absolute atomic E-state index is 0.398. The molecule has 0 aliphatic carbocycles. The normalized spacial score (nSPS) is 10.8. The summed E-state index contributed by atoms with van der Waals surface area (Å²) in [6.07, 6.45) is 1.57. The molecule has 0 atom stereocenters. The Morgan fingerprint density at radius 3 is 2.90 bits per heavy atom. The number of rotatable bonds is 4. The Labute approximate surface area is 120 Å². The number of furan rings is 1. The summed E-state index contributed by atoms with van der Waals surface area (Å²) < 4.78 is 10.8. The molecular formula is C14H13N3O2S. The van der Waals surface area contributed by atoms with E-state index in [1.165, 1.54) is 0 Å². The van der Waals surface area contributed by atoms with E-state index in [0.29, 0.717) is 23.3 Å². The SMILES string of the molecule is Cc1c(N)cccc1SCc1nnc(-c2ccco2)o1. The maximum atomic E-state index is 5.88. The molecule has 0 spiro atoms. The highest BCUT2D eigenvalue weighted by Gasteiger charge is 2.11. The molecule has 3 rings (SSSR count). The lowest BCUT2D eigenvalue weighted by molar-refractivity contribution is 0.494. The van der Waals surface area contributed by atoms with Gasteiger partial charge < -0.3 is 14.6 Å². The third-order valence-electron chi connectivity index (χ3n) is 2.88. The molecule has 2 N–H and O–H groups in total. The first-order valence-electron chi connectivity index (χ1n) is 6.08. The van der Waals surface area contributed by atoms with Crippen molar-refractivity contribution in [2.24, 2.45) is 0 Å². The molecule has 6 heteroatoms. The molecule has 0 saturated heterocycles. The Bertz CT molecular complexity index is 707. The minimum atomic E-state index is 0.398. The van der Waals surface area contributed by atoms with Gasteiger partial charge in [-0.15, -0.1) is 22.0 Å². The van der Waals surface area contributed by atoms with E-state index in [1.54, 1.807) is 30.2 Å². The van der Waals surface area contributed by atoms with Crippen LogP contribution in [0.2, 0.25) is 0 Å². The van der Waals surface area contributed by atoms with Crippen LogP contribution in [0.25, 0.3) is 11.7 Å². The molecule has 0 saturated carbocycles. The van der Waals surface area contributed by atoms with Crippen molar-refractivity contribution in [3.63, 3.8) is 0 Å². The summed E-state index contributed by atoms with van der Waals surface area (Å²) >= 11 is 1.62. The largest absolute Gasteiger partial charge is 0.459 e. The quantitative estimate of drug-likeness (QED) is 0.584. The van der Waals surface area contributed by atoms with Crippen LogP contribution < -0.4 is 5.73 Å². The van der Waals surface area contributed by atoms with E-state index >= 15 is 0 Å². The topological polar surface area (TPSA) is 78.1 Å². The van der Waals surface area contributed by atoms with Gasteiger partial charge in [0.25, 0.3) is 5.89 Å². The summed E-state index contributed by atoms with van der Waals surface area (Å²) in [4.78, 5) is 1.11. The van der Waals surface area contributed by atoms with Crippen LogP contribution in [0, 0.1) is 6.92 Å². The average molecular weight is 287 g/mol. The first-order valence-corrected chi connectivity index (χ1v) is 7.07. The van der Waals surface area contributed by atoms with Crippen molar-refractivity contribution in [3.8, 4) is 11.7 Å². The molecule has 20 heavy (non-hydrogen) atoms. The average Bonchev–Trinajstić information content (AvgIpc) is 3.10. The maximum Gasteiger partial charge on any atom is 0.283 e. The second-order valence-electron chi connectivity index (χ2n) is 4.24. The predicted octanol–water partition coefficient (Wildman–Crippen LogP) is 3.51. The summed E-state index contributed by atoms with van der Waals surface area (Å²) in [6.45, 7) is 2.00. The highest BCUT2D eigenvalue weighted by molar-refractivity contribution is 7.98. The fourth-order valence-corrected chi connectivity index (χ4v) is 2.64.